The molecule has 0 amide bonds. The van der Waals surface area contributed by atoms with Crippen LogP contribution in [0.15, 0.2) is 18.2 Å². The van der Waals surface area contributed by atoms with Crippen LogP contribution in [0.4, 0.5) is 4.39 Å². The molecule has 0 bridgehead atoms. The second-order valence-corrected chi connectivity index (χ2v) is 5.38. The van der Waals surface area contributed by atoms with Crippen molar-refractivity contribution < 1.29 is 19.0 Å². The maximum atomic E-state index is 13.7. The summed E-state index contributed by atoms with van der Waals surface area (Å²) in [5, 5.41) is 12.3. The highest BCUT2D eigenvalue weighted by Crippen LogP contribution is 2.47. The monoisotopic (exact) mass is 281 g/mol. The number of methoxy groups -OCH3 is 1. The van der Waals surface area contributed by atoms with Crippen LogP contribution in [0.1, 0.15) is 35.2 Å². The van der Waals surface area contributed by atoms with E-state index < -0.39 is 11.8 Å². The Hall–Kier alpha value is -1.46. The van der Waals surface area contributed by atoms with E-state index >= 15 is 0 Å². The fourth-order valence-electron chi connectivity index (χ4n) is 2.35. The molecule has 0 atom stereocenters. The fraction of sp³-hybridized carbons (Fsp3) is 0.533. The molecule has 0 saturated heterocycles. The number of carbonyl (C=O) groups is 1. The molecule has 0 heterocycles. The van der Waals surface area contributed by atoms with Gasteiger partial charge in [-0.3, -0.25) is 0 Å². The number of aliphatic hydroxyl groups excluding tert-OH is 1. The molecule has 20 heavy (non-hydrogen) atoms. The predicted octanol–water partition coefficient (Wildman–Crippen LogP) is 1.86. The lowest BCUT2D eigenvalue weighted by atomic mass is 10.0. The average molecular weight is 281 g/mol. The van der Waals surface area contributed by atoms with E-state index in [-0.39, 0.29) is 17.6 Å². The molecule has 1 aliphatic rings. The molecule has 1 aromatic rings. The molecule has 110 valence electrons. The molecule has 2 N–H and O–H groups in total. The molecule has 2 rings (SSSR count). The summed E-state index contributed by atoms with van der Waals surface area (Å²) >= 11 is 0. The lowest BCUT2D eigenvalue weighted by molar-refractivity contribution is 0.0595. The van der Waals surface area contributed by atoms with Crippen LogP contribution in [-0.4, -0.2) is 31.3 Å². The van der Waals surface area contributed by atoms with Gasteiger partial charge in [-0.25, -0.2) is 9.18 Å². The molecule has 4 nitrogen and oxygen atoms in total. The second kappa shape index (κ2) is 6.33. The number of aliphatic hydroxyl groups is 1. The SMILES string of the molecule is COC(=O)c1ccc(CNCC2(CCO)CC2)cc1F. The Balaban J connectivity index is 1.88. The Morgan fingerprint density at radius 2 is 2.25 bits per heavy atom. The largest absolute Gasteiger partial charge is 0.465 e. The molecule has 0 radical (unpaired) electrons. The van der Waals surface area contributed by atoms with Crippen LogP contribution < -0.4 is 5.32 Å². The van der Waals surface area contributed by atoms with Crippen molar-refractivity contribution in [3.8, 4) is 0 Å². The van der Waals surface area contributed by atoms with E-state index in [1.807, 2.05) is 0 Å². The van der Waals surface area contributed by atoms with Crippen molar-refractivity contribution in [1.29, 1.82) is 0 Å². The van der Waals surface area contributed by atoms with Crippen LogP contribution >= 0.6 is 0 Å². The Morgan fingerprint density at radius 1 is 1.50 bits per heavy atom. The third kappa shape index (κ3) is 3.55. The minimum atomic E-state index is -0.665. The lowest BCUT2D eigenvalue weighted by Crippen LogP contribution is -2.24. The number of rotatable bonds is 7. The molecular weight excluding hydrogens is 261 g/mol. The number of nitrogens with one attached hydrogen (secondary N) is 1. The number of ether oxygens (including phenoxy) is 1. The molecule has 1 fully saturated rings. The quantitative estimate of drug-likeness (QED) is 0.749. The molecular formula is C15H20FNO3. The smallest absolute Gasteiger partial charge is 0.340 e. The van der Waals surface area contributed by atoms with Crippen molar-refractivity contribution in [2.45, 2.75) is 25.8 Å². The van der Waals surface area contributed by atoms with Crippen molar-refractivity contribution in [1.82, 2.24) is 5.32 Å². The Labute approximate surface area is 117 Å². The van der Waals surface area contributed by atoms with Crippen LogP contribution in [0, 0.1) is 11.2 Å². The number of esters is 1. The molecule has 1 aliphatic carbocycles. The Kier molecular flexibility index (Phi) is 4.73. The highest BCUT2D eigenvalue weighted by molar-refractivity contribution is 5.89. The van der Waals surface area contributed by atoms with E-state index in [4.69, 9.17) is 5.11 Å². The maximum Gasteiger partial charge on any atom is 0.340 e. The third-order valence-electron chi connectivity index (χ3n) is 3.87. The van der Waals surface area contributed by atoms with Crippen molar-refractivity contribution in [2.24, 2.45) is 5.41 Å². The van der Waals surface area contributed by atoms with Crippen LogP contribution in [0.5, 0.6) is 0 Å². The van der Waals surface area contributed by atoms with Gasteiger partial charge in [0.2, 0.25) is 0 Å². The first kappa shape index (κ1) is 14.9. The topological polar surface area (TPSA) is 58.6 Å². The van der Waals surface area contributed by atoms with Gasteiger partial charge in [0.1, 0.15) is 5.82 Å². The fourth-order valence-corrected chi connectivity index (χ4v) is 2.35. The number of carbonyl (C=O) groups excluding carboxylic acids is 1. The minimum absolute atomic E-state index is 0.0461. The highest BCUT2D eigenvalue weighted by atomic mass is 19.1. The Morgan fingerprint density at radius 3 is 2.80 bits per heavy atom. The van der Waals surface area contributed by atoms with Crippen LogP contribution in [0.3, 0.4) is 0 Å². The summed E-state index contributed by atoms with van der Waals surface area (Å²) in [5.74, 6) is -1.23. The number of hydrogen-bond acceptors (Lipinski definition) is 4. The summed E-state index contributed by atoms with van der Waals surface area (Å²) in [5.41, 5.74) is 0.976. The molecule has 0 aliphatic heterocycles. The predicted molar refractivity (Wildman–Crippen MR) is 72.8 cm³/mol. The zero-order valence-electron chi connectivity index (χ0n) is 11.6. The normalized spacial score (nSPS) is 15.9. The molecule has 1 saturated carbocycles. The van der Waals surface area contributed by atoms with Crippen molar-refractivity contribution in [2.75, 3.05) is 20.3 Å². The van der Waals surface area contributed by atoms with Gasteiger partial charge in [0.25, 0.3) is 0 Å². The molecule has 0 unspecified atom stereocenters. The van der Waals surface area contributed by atoms with Gasteiger partial charge in [0.15, 0.2) is 0 Å². The van der Waals surface area contributed by atoms with Gasteiger partial charge in [0, 0.05) is 19.7 Å². The van der Waals surface area contributed by atoms with Crippen molar-refractivity contribution in [3.05, 3.63) is 35.1 Å². The minimum Gasteiger partial charge on any atom is -0.465 e. The molecule has 1 aromatic carbocycles. The first-order chi connectivity index (χ1) is 9.60. The number of halogens is 1. The standard InChI is InChI=1S/C15H20FNO3/c1-20-14(19)12-3-2-11(8-13(12)16)9-17-10-15(4-5-15)6-7-18/h2-3,8,17-18H,4-7,9-10H2,1H3. The van der Waals surface area contributed by atoms with E-state index in [1.165, 1.54) is 19.2 Å². The zero-order valence-corrected chi connectivity index (χ0v) is 11.6. The van der Waals surface area contributed by atoms with E-state index in [1.54, 1.807) is 6.07 Å². The van der Waals surface area contributed by atoms with Gasteiger partial charge < -0.3 is 15.2 Å². The summed E-state index contributed by atoms with van der Waals surface area (Å²) in [6.45, 7) is 1.59. The summed E-state index contributed by atoms with van der Waals surface area (Å²) in [6, 6.07) is 4.51. The number of benzene rings is 1. The third-order valence-corrected chi connectivity index (χ3v) is 3.87. The molecule has 0 aromatic heterocycles. The molecule has 0 spiro atoms. The van der Waals surface area contributed by atoms with Crippen molar-refractivity contribution >= 4 is 5.97 Å². The van der Waals surface area contributed by atoms with E-state index in [9.17, 15) is 9.18 Å². The number of hydrogen-bond donors (Lipinski definition) is 2. The van der Waals surface area contributed by atoms with E-state index in [0.717, 1.165) is 31.4 Å². The summed E-state index contributed by atoms with van der Waals surface area (Å²) < 4.78 is 18.2. The van der Waals surface area contributed by atoms with Gasteiger partial charge >= 0.3 is 5.97 Å². The Bertz CT molecular complexity index is 486. The van der Waals surface area contributed by atoms with Gasteiger partial charge in [-0.2, -0.15) is 0 Å². The first-order valence-electron chi connectivity index (χ1n) is 6.78. The van der Waals surface area contributed by atoms with Gasteiger partial charge in [-0.1, -0.05) is 6.07 Å². The van der Waals surface area contributed by atoms with Gasteiger partial charge in [-0.05, 0) is 42.4 Å². The first-order valence-corrected chi connectivity index (χ1v) is 6.78. The summed E-state index contributed by atoms with van der Waals surface area (Å²) in [6.07, 6.45) is 3.09. The zero-order chi connectivity index (χ0) is 14.6. The van der Waals surface area contributed by atoms with Gasteiger partial charge in [-0.15, -0.1) is 0 Å². The van der Waals surface area contributed by atoms with Crippen LogP contribution in [0.25, 0.3) is 0 Å². The second-order valence-electron chi connectivity index (χ2n) is 5.38. The van der Waals surface area contributed by atoms with Gasteiger partial charge in [0.05, 0.1) is 12.7 Å². The highest BCUT2D eigenvalue weighted by Gasteiger charge is 2.41. The summed E-state index contributed by atoms with van der Waals surface area (Å²) in [4.78, 5) is 11.3. The van der Waals surface area contributed by atoms with Crippen LogP contribution in [-0.2, 0) is 11.3 Å². The van der Waals surface area contributed by atoms with E-state index in [0.29, 0.717) is 6.54 Å². The summed E-state index contributed by atoms with van der Waals surface area (Å²) in [7, 11) is 1.23. The van der Waals surface area contributed by atoms with Crippen molar-refractivity contribution in [3.63, 3.8) is 0 Å². The lowest BCUT2D eigenvalue weighted by Gasteiger charge is -2.14. The van der Waals surface area contributed by atoms with Crippen LogP contribution in [0.2, 0.25) is 0 Å². The van der Waals surface area contributed by atoms with E-state index in [2.05, 4.69) is 10.1 Å². The maximum absolute atomic E-state index is 13.7. The molecule has 5 heteroatoms. The average Bonchev–Trinajstić information content (AvgIpc) is 3.18.